The van der Waals surface area contributed by atoms with Crippen LogP contribution in [0, 0.1) is 6.92 Å². The molecule has 0 bridgehead atoms. The molecular weight excluding hydrogens is 262 g/mol. The van der Waals surface area contributed by atoms with E-state index < -0.39 is 11.9 Å². The number of carboxylic acid groups (broad SMARTS) is 1. The summed E-state index contributed by atoms with van der Waals surface area (Å²) in [5, 5.41) is 9.91. The predicted octanol–water partition coefficient (Wildman–Crippen LogP) is 3.45. The summed E-state index contributed by atoms with van der Waals surface area (Å²) in [5.74, 6) is -1.45. The summed E-state index contributed by atoms with van der Waals surface area (Å²) in [6, 6.07) is 9.30. The molecule has 4 heteroatoms. The monoisotopic (exact) mass is 275 g/mol. The second-order valence-corrected chi connectivity index (χ2v) is 4.88. The molecule has 2 rings (SSSR count). The number of hydrogen-bond acceptors (Lipinski definition) is 2. The summed E-state index contributed by atoms with van der Waals surface area (Å²) in [6.07, 6.45) is 3.52. The first kappa shape index (κ1) is 13.6. The van der Waals surface area contributed by atoms with Crippen molar-refractivity contribution in [3.8, 4) is 0 Å². The van der Waals surface area contributed by atoms with Gasteiger partial charge in [-0.2, -0.15) is 0 Å². The van der Waals surface area contributed by atoms with Crippen LogP contribution in [0.3, 0.4) is 0 Å². The maximum Gasteiger partial charge on any atom is 0.311 e. The van der Waals surface area contributed by atoms with Gasteiger partial charge in [0.15, 0.2) is 0 Å². The van der Waals surface area contributed by atoms with Crippen LogP contribution in [0.15, 0.2) is 42.7 Å². The SMILES string of the molecule is Cc1cccc(C(Cc2ccncc2Cl)C(=O)O)c1. The zero-order valence-corrected chi connectivity index (χ0v) is 11.3. The molecule has 0 aliphatic heterocycles. The maximum atomic E-state index is 11.5. The quantitative estimate of drug-likeness (QED) is 0.930. The summed E-state index contributed by atoms with van der Waals surface area (Å²) in [7, 11) is 0. The zero-order valence-electron chi connectivity index (χ0n) is 10.5. The summed E-state index contributed by atoms with van der Waals surface area (Å²) in [6.45, 7) is 1.95. The minimum Gasteiger partial charge on any atom is -0.481 e. The van der Waals surface area contributed by atoms with Crippen molar-refractivity contribution in [1.29, 1.82) is 0 Å². The number of carboxylic acids is 1. The Morgan fingerprint density at radius 2 is 2.21 bits per heavy atom. The Balaban J connectivity index is 2.32. The van der Waals surface area contributed by atoms with Gasteiger partial charge in [0, 0.05) is 12.4 Å². The van der Waals surface area contributed by atoms with E-state index in [0.717, 1.165) is 16.7 Å². The zero-order chi connectivity index (χ0) is 13.8. The first-order valence-electron chi connectivity index (χ1n) is 5.95. The minimum absolute atomic E-state index is 0.361. The Hall–Kier alpha value is -1.87. The fraction of sp³-hybridized carbons (Fsp3) is 0.200. The number of nitrogens with zero attached hydrogens (tertiary/aromatic N) is 1. The number of hydrogen-bond donors (Lipinski definition) is 1. The molecule has 0 radical (unpaired) electrons. The molecule has 1 aromatic heterocycles. The molecule has 1 N–H and O–H groups in total. The molecule has 1 aromatic carbocycles. The second-order valence-electron chi connectivity index (χ2n) is 4.48. The number of aliphatic carboxylic acids is 1. The molecule has 0 spiro atoms. The highest BCUT2D eigenvalue weighted by Crippen LogP contribution is 2.25. The van der Waals surface area contributed by atoms with E-state index in [1.54, 1.807) is 12.3 Å². The van der Waals surface area contributed by atoms with Gasteiger partial charge in [-0.3, -0.25) is 9.78 Å². The highest BCUT2D eigenvalue weighted by Gasteiger charge is 2.21. The van der Waals surface area contributed by atoms with Gasteiger partial charge in [-0.25, -0.2) is 0 Å². The Bertz CT molecular complexity index is 598. The van der Waals surface area contributed by atoms with Crippen LogP contribution in [0.25, 0.3) is 0 Å². The molecule has 19 heavy (non-hydrogen) atoms. The molecule has 0 aliphatic carbocycles. The third-order valence-corrected chi connectivity index (χ3v) is 3.36. The standard InChI is InChI=1S/C15H14ClNO2/c1-10-3-2-4-11(7-10)13(15(18)19)8-12-5-6-17-9-14(12)16/h2-7,9,13H,8H2,1H3,(H,18,19). The van der Waals surface area contributed by atoms with Crippen LogP contribution in [-0.4, -0.2) is 16.1 Å². The number of aromatic nitrogens is 1. The summed E-state index contributed by atoms with van der Waals surface area (Å²) in [5.41, 5.74) is 2.63. The van der Waals surface area contributed by atoms with Crippen molar-refractivity contribution in [1.82, 2.24) is 4.98 Å². The molecule has 1 atom stereocenters. The van der Waals surface area contributed by atoms with Crippen LogP contribution in [0.2, 0.25) is 5.02 Å². The van der Waals surface area contributed by atoms with Crippen molar-refractivity contribution in [2.75, 3.05) is 0 Å². The van der Waals surface area contributed by atoms with E-state index in [1.165, 1.54) is 6.20 Å². The lowest BCUT2D eigenvalue weighted by atomic mass is 9.91. The van der Waals surface area contributed by atoms with Crippen molar-refractivity contribution >= 4 is 17.6 Å². The van der Waals surface area contributed by atoms with Crippen molar-refractivity contribution < 1.29 is 9.90 Å². The van der Waals surface area contributed by atoms with Gasteiger partial charge in [0.1, 0.15) is 0 Å². The van der Waals surface area contributed by atoms with E-state index in [-0.39, 0.29) is 0 Å². The van der Waals surface area contributed by atoms with Gasteiger partial charge in [0.25, 0.3) is 0 Å². The van der Waals surface area contributed by atoms with Crippen molar-refractivity contribution in [3.05, 3.63) is 64.4 Å². The van der Waals surface area contributed by atoms with Crippen molar-refractivity contribution in [2.24, 2.45) is 0 Å². The van der Waals surface area contributed by atoms with E-state index in [9.17, 15) is 9.90 Å². The summed E-state index contributed by atoms with van der Waals surface area (Å²) >= 11 is 6.04. The average molecular weight is 276 g/mol. The van der Waals surface area contributed by atoms with Gasteiger partial charge in [-0.05, 0) is 30.5 Å². The molecule has 0 saturated heterocycles. The van der Waals surface area contributed by atoms with Crippen LogP contribution in [0.4, 0.5) is 0 Å². The van der Waals surface area contributed by atoms with E-state index in [1.807, 2.05) is 31.2 Å². The molecule has 0 amide bonds. The van der Waals surface area contributed by atoms with Gasteiger partial charge in [-0.1, -0.05) is 41.4 Å². The van der Waals surface area contributed by atoms with Crippen LogP contribution in [0.1, 0.15) is 22.6 Å². The smallest absolute Gasteiger partial charge is 0.311 e. The molecule has 2 aromatic rings. The second kappa shape index (κ2) is 5.85. The minimum atomic E-state index is -0.849. The number of rotatable bonds is 4. The Kier molecular flexibility index (Phi) is 4.17. The lowest BCUT2D eigenvalue weighted by Crippen LogP contribution is -2.14. The Morgan fingerprint density at radius 3 is 2.84 bits per heavy atom. The van der Waals surface area contributed by atoms with E-state index >= 15 is 0 Å². The van der Waals surface area contributed by atoms with Gasteiger partial charge in [0.2, 0.25) is 0 Å². The van der Waals surface area contributed by atoms with Crippen LogP contribution in [-0.2, 0) is 11.2 Å². The molecule has 98 valence electrons. The first-order chi connectivity index (χ1) is 9.08. The van der Waals surface area contributed by atoms with Crippen LogP contribution >= 0.6 is 11.6 Å². The van der Waals surface area contributed by atoms with Gasteiger partial charge in [0.05, 0.1) is 10.9 Å². The molecule has 0 saturated carbocycles. The number of aryl methyl sites for hydroxylation is 1. The van der Waals surface area contributed by atoms with Gasteiger partial charge in [-0.15, -0.1) is 0 Å². The van der Waals surface area contributed by atoms with Crippen molar-refractivity contribution in [2.45, 2.75) is 19.3 Å². The third kappa shape index (κ3) is 3.32. The predicted molar refractivity (Wildman–Crippen MR) is 74.5 cm³/mol. The molecular formula is C15H14ClNO2. The van der Waals surface area contributed by atoms with Gasteiger partial charge < -0.3 is 5.11 Å². The maximum absolute atomic E-state index is 11.5. The largest absolute Gasteiger partial charge is 0.481 e. The van der Waals surface area contributed by atoms with Gasteiger partial charge >= 0.3 is 5.97 Å². The first-order valence-corrected chi connectivity index (χ1v) is 6.33. The lowest BCUT2D eigenvalue weighted by molar-refractivity contribution is -0.138. The highest BCUT2D eigenvalue weighted by atomic mass is 35.5. The fourth-order valence-electron chi connectivity index (χ4n) is 2.02. The van der Waals surface area contributed by atoms with Crippen molar-refractivity contribution in [3.63, 3.8) is 0 Å². The molecule has 0 fully saturated rings. The van der Waals surface area contributed by atoms with E-state index in [2.05, 4.69) is 4.98 Å². The number of pyridine rings is 1. The van der Waals surface area contributed by atoms with Crippen LogP contribution < -0.4 is 0 Å². The average Bonchev–Trinajstić information content (AvgIpc) is 2.37. The highest BCUT2D eigenvalue weighted by molar-refractivity contribution is 6.31. The lowest BCUT2D eigenvalue weighted by Gasteiger charge is -2.14. The summed E-state index contributed by atoms with van der Waals surface area (Å²) < 4.78 is 0. The summed E-state index contributed by atoms with van der Waals surface area (Å²) in [4.78, 5) is 15.4. The van der Waals surface area contributed by atoms with E-state index in [4.69, 9.17) is 11.6 Å². The molecule has 0 aliphatic rings. The molecule has 1 unspecified atom stereocenters. The molecule has 1 heterocycles. The topological polar surface area (TPSA) is 50.2 Å². The number of carbonyl (C=O) groups is 1. The third-order valence-electron chi connectivity index (χ3n) is 3.02. The fourth-order valence-corrected chi connectivity index (χ4v) is 2.22. The van der Waals surface area contributed by atoms with Crippen LogP contribution in [0.5, 0.6) is 0 Å². The Labute approximate surface area is 116 Å². The molecule has 3 nitrogen and oxygen atoms in total. The normalized spacial score (nSPS) is 12.1. The number of halogens is 1. The van der Waals surface area contributed by atoms with E-state index in [0.29, 0.717) is 11.4 Å². The Morgan fingerprint density at radius 1 is 1.42 bits per heavy atom. The number of benzene rings is 1.